The fourth-order valence-electron chi connectivity index (χ4n) is 2.86. The molecule has 1 aromatic carbocycles. The molecular weight excluding hydrogens is 368 g/mol. The van der Waals surface area contributed by atoms with Gasteiger partial charge in [0.1, 0.15) is 4.21 Å². The minimum atomic E-state index is -3.35. The second kappa shape index (κ2) is 8.30. The Balaban J connectivity index is 1.53. The summed E-state index contributed by atoms with van der Waals surface area (Å²) >= 11 is 1.37. The van der Waals surface area contributed by atoms with E-state index in [1.54, 1.807) is 6.07 Å². The van der Waals surface area contributed by atoms with E-state index in [2.05, 4.69) is 33.7 Å². The van der Waals surface area contributed by atoms with E-state index in [-0.39, 0.29) is 0 Å². The number of hydrogen-bond donors (Lipinski definition) is 2. The highest BCUT2D eigenvalue weighted by atomic mass is 32.2. The largest absolute Gasteiger partial charge is 0.312 e. The van der Waals surface area contributed by atoms with Gasteiger partial charge in [0.25, 0.3) is 10.0 Å². The van der Waals surface area contributed by atoms with Crippen LogP contribution in [0.1, 0.15) is 24.3 Å². The van der Waals surface area contributed by atoms with Crippen LogP contribution in [0, 0.1) is 0 Å². The Kier molecular flexibility index (Phi) is 6.08. The zero-order valence-corrected chi connectivity index (χ0v) is 16.7. The molecule has 0 radical (unpaired) electrons. The third-order valence-electron chi connectivity index (χ3n) is 4.32. The van der Waals surface area contributed by atoms with Crippen molar-refractivity contribution in [2.45, 2.75) is 31.0 Å². The summed E-state index contributed by atoms with van der Waals surface area (Å²) in [6, 6.07) is 9.87. The molecule has 0 amide bonds. The predicted octanol–water partition coefficient (Wildman–Crippen LogP) is 2.99. The van der Waals surface area contributed by atoms with E-state index >= 15 is 0 Å². The average molecular weight is 393 g/mol. The summed E-state index contributed by atoms with van der Waals surface area (Å²) in [6.07, 6.45) is 2.62. The minimum absolute atomic E-state index is 0.431. The summed E-state index contributed by atoms with van der Waals surface area (Å²) in [5, 5.41) is 11.5. The van der Waals surface area contributed by atoms with Crippen molar-refractivity contribution in [2.24, 2.45) is 0 Å². The zero-order valence-electron chi connectivity index (χ0n) is 15.0. The fraction of sp³-hybridized carbons (Fsp3) is 0.389. The van der Waals surface area contributed by atoms with Crippen molar-refractivity contribution in [3.05, 3.63) is 47.0 Å². The smallest absolute Gasteiger partial charge is 0.252 e. The summed E-state index contributed by atoms with van der Waals surface area (Å²) in [4.78, 5) is 1.08. The molecule has 2 heterocycles. The van der Waals surface area contributed by atoms with Crippen molar-refractivity contribution in [1.82, 2.24) is 19.8 Å². The van der Waals surface area contributed by atoms with E-state index in [1.807, 2.05) is 26.1 Å². The Hall–Kier alpha value is -1.74. The van der Waals surface area contributed by atoms with Gasteiger partial charge in [0, 0.05) is 36.4 Å². The van der Waals surface area contributed by atoms with Gasteiger partial charge in [-0.2, -0.15) is 9.40 Å². The summed E-state index contributed by atoms with van der Waals surface area (Å²) in [6.45, 7) is 6.28. The molecule has 0 aliphatic rings. The van der Waals surface area contributed by atoms with Crippen LogP contribution in [-0.2, 0) is 23.0 Å². The molecule has 2 aromatic heterocycles. The molecule has 0 fully saturated rings. The third-order valence-corrected chi connectivity index (χ3v) is 7.98. The molecule has 0 saturated carbocycles. The number of hydrogen-bond acceptors (Lipinski definition) is 5. The van der Waals surface area contributed by atoms with Crippen molar-refractivity contribution in [1.29, 1.82) is 0 Å². The number of nitrogens with zero attached hydrogens (tertiary/aromatic N) is 2. The Morgan fingerprint density at radius 1 is 1.19 bits per heavy atom. The summed E-state index contributed by atoms with van der Waals surface area (Å²) in [5.41, 5.74) is 2.23. The summed E-state index contributed by atoms with van der Waals surface area (Å²) < 4.78 is 27.0. The first-order valence-corrected chi connectivity index (χ1v) is 11.0. The van der Waals surface area contributed by atoms with Gasteiger partial charge in [-0.25, -0.2) is 8.42 Å². The molecule has 0 unspecified atom stereocenters. The lowest BCUT2D eigenvalue weighted by atomic mass is 10.1. The number of aromatic amines is 1. The second-order valence-corrected chi connectivity index (χ2v) is 9.36. The summed E-state index contributed by atoms with van der Waals surface area (Å²) in [5.74, 6) is 0. The van der Waals surface area contributed by atoms with Crippen molar-refractivity contribution in [3.63, 3.8) is 0 Å². The Morgan fingerprint density at radius 2 is 2.00 bits per heavy atom. The van der Waals surface area contributed by atoms with Crippen LogP contribution in [0.15, 0.2) is 40.7 Å². The first-order chi connectivity index (χ1) is 12.5. The van der Waals surface area contributed by atoms with E-state index in [4.69, 9.17) is 0 Å². The number of benzene rings is 1. The van der Waals surface area contributed by atoms with E-state index in [0.29, 0.717) is 17.3 Å². The maximum atomic E-state index is 12.5. The van der Waals surface area contributed by atoms with Gasteiger partial charge in [0.05, 0.1) is 11.7 Å². The van der Waals surface area contributed by atoms with Gasteiger partial charge < -0.3 is 5.32 Å². The van der Waals surface area contributed by atoms with Crippen LogP contribution in [0.4, 0.5) is 0 Å². The normalized spacial score (nSPS) is 12.3. The van der Waals surface area contributed by atoms with Gasteiger partial charge in [-0.1, -0.05) is 26.0 Å². The lowest BCUT2D eigenvalue weighted by Crippen LogP contribution is -2.29. The van der Waals surface area contributed by atoms with E-state index < -0.39 is 10.0 Å². The molecule has 8 heteroatoms. The van der Waals surface area contributed by atoms with Gasteiger partial charge in [-0.05, 0) is 30.2 Å². The van der Waals surface area contributed by atoms with Crippen molar-refractivity contribution in [3.8, 4) is 0 Å². The molecule has 0 atom stereocenters. The summed E-state index contributed by atoms with van der Waals surface area (Å²) in [7, 11) is -3.35. The van der Waals surface area contributed by atoms with Crippen LogP contribution in [0.25, 0.3) is 10.9 Å². The Morgan fingerprint density at radius 3 is 2.77 bits per heavy atom. The van der Waals surface area contributed by atoms with E-state index in [9.17, 15) is 8.42 Å². The highest BCUT2D eigenvalue weighted by molar-refractivity contribution is 7.91. The Bertz CT molecular complexity index is 958. The van der Waals surface area contributed by atoms with Crippen LogP contribution in [0.2, 0.25) is 0 Å². The zero-order chi connectivity index (χ0) is 18.6. The lowest BCUT2D eigenvalue weighted by Gasteiger charge is -2.16. The quantitative estimate of drug-likeness (QED) is 0.549. The molecule has 140 valence electrons. The maximum absolute atomic E-state index is 12.5. The number of thiophene rings is 1. The number of nitrogens with one attached hydrogen (secondary N) is 2. The monoisotopic (exact) mass is 392 g/mol. The topological polar surface area (TPSA) is 78.1 Å². The van der Waals surface area contributed by atoms with Gasteiger partial charge in [-0.3, -0.25) is 5.10 Å². The highest BCUT2D eigenvalue weighted by Gasteiger charge is 2.23. The predicted molar refractivity (Wildman–Crippen MR) is 106 cm³/mol. The van der Waals surface area contributed by atoms with Gasteiger partial charge in [0.2, 0.25) is 0 Å². The second-order valence-electron chi connectivity index (χ2n) is 6.03. The Labute approximate surface area is 158 Å². The number of aromatic nitrogens is 2. The SMILES string of the molecule is CCN(CC)S(=O)(=O)c1ccc(CCNCc2ccc3cn[nH]c3c2)s1. The average Bonchev–Trinajstić information content (AvgIpc) is 3.28. The van der Waals surface area contributed by atoms with Crippen LogP contribution in [0.5, 0.6) is 0 Å². The van der Waals surface area contributed by atoms with Crippen molar-refractivity contribution in [2.75, 3.05) is 19.6 Å². The maximum Gasteiger partial charge on any atom is 0.252 e. The molecule has 0 bridgehead atoms. The van der Waals surface area contributed by atoms with E-state index in [1.165, 1.54) is 21.2 Å². The fourth-order valence-corrected chi connectivity index (χ4v) is 5.83. The minimum Gasteiger partial charge on any atom is -0.312 e. The van der Waals surface area contributed by atoms with Crippen LogP contribution in [0.3, 0.4) is 0 Å². The van der Waals surface area contributed by atoms with Crippen LogP contribution >= 0.6 is 11.3 Å². The number of fused-ring (bicyclic) bond motifs is 1. The molecule has 6 nitrogen and oxygen atoms in total. The first kappa shape index (κ1) is 19.0. The van der Waals surface area contributed by atoms with Gasteiger partial charge in [-0.15, -0.1) is 11.3 Å². The molecule has 26 heavy (non-hydrogen) atoms. The van der Waals surface area contributed by atoms with Gasteiger partial charge in [0.15, 0.2) is 0 Å². The first-order valence-electron chi connectivity index (χ1n) is 8.76. The molecule has 3 aromatic rings. The molecule has 0 saturated heterocycles. The molecule has 0 aliphatic heterocycles. The number of sulfonamides is 1. The molecule has 2 N–H and O–H groups in total. The molecule has 0 spiro atoms. The van der Waals surface area contributed by atoms with Gasteiger partial charge >= 0.3 is 0 Å². The molecule has 0 aliphatic carbocycles. The highest BCUT2D eigenvalue weighted by Crippen LogP contribution is 2.25. The van der Waals surface area contributed by atoms with Crippen molar-refractivity contribution < 1.29 is 8.42 Å². The standard InChI is InChI=1S/C18H24N4O2S2/c1-3-22(4-2)26(23,24)18-8-7-16(25-18)9-10-19-12-14-5-6-15-13-20-21-17(15)11-14/h5-8,11,13,19H,3-4,9-10,12H2,1-2H3,(H,20,21). The van der Waals surface area contributed by atoms with E-state index in [0.717, 1.165) is 35.3 Å². The third kappa shape index (κ3) is 4.15. The van der Waals surface area contributed by atoms with Crippen molar-refractivity contribution >= 4 is 32.3 Å². The van der Waals surface area contributed by atoms with Crippen LogP contribution in [-0.4, -0.2) is 42.6 Å². The lowest BCUT2D eigenvalue weighted by molar-refractivity contribution is 0.447. The van der Waals surface area contributed by atoms with Crippen LogP contribution < -0.4 is 5.32 Å². The number of rotatable bonds is 9. The molecular formula is C18H24N4O2S2. The number of H-pyrrole nitrogens is 1. The molecule has 3 rings (SSSR count).